The SMILES string of the molecule is O=Cc1cc(Cl)cc(Cl)c1OCC1CCOCC1. The summed E-state index contributed by atoms with van der Waals surface area (Å²) in [5.41, 5.74) is 0.388. The van der Waals surface area contributed by atoms with Crippen molar-refractivity contribution in [1.29, 1.82) is 0 Å². The van der Waals surface area contributed by atoms with E-state index in [1.165, 1.54) is 0 Å². The van der Waals surface area contributed by atoms with Gasteiger partial charge in [0.1, 0.15) is 5.75 Å². The molecule has 1 aliphatic heterocycles. The van der Waals surface area contributed by atoms with Gasteiger partial charge in [0.15, 0.2) is 6.29 Å². The van der Waals surface area contributed by atoms with Crippen LogP contribution in [0.2, 0.25) is 10.0 Å². The van der Waals surface area contributed by atoms with Crippen LogP contribution in [0.4, 0.5) is 0 Å². The smallest absolute Gasteiger partial charge is 0.153 e. The average Bonchev–Trinajstić information content (AvgIpc) is 2.38. The summed E-state index contributed by atoms with van der Waals surface area (Å²) in [5, 5.41) is 0.803. The molecule has 1 aromatic carbocycles. The van der Waals surface area contributed by atoms with Crippen molar-refractivity contribution in [2.24, 2.45) is 5.92 Å². The first-order valence-corrected chi connectivity index (χ1v) is 6.61. The van der Waals surface area contributed by atoms with Gasteiger partial charge in [-0.15, -0.1) is 0 Å². The topological polar surface area (TPSA) is 35.5 Å². The number of halogens is 2. The van der Waals surface area contributed by atoms with Crippen LogP contribution in [0.5, 0.6) is 5.75 Å². The Morgan fingerprint density at radius 3 is 2.72 bits per heavy atom. The first-order chi connectivity index (χ1) is 8.70. The van der Waals surface area contributed by atoms with E-state index in [1.54, 1.807) is 12.1 Å². The molecule has 0 spiro atoms. The molecule has 0 atom stereocenters. The molecule has 0 aliphatic carbocycles. The molecule has 0 bridgehead atoms. The fourth-order valence-corrected chi connectivity index (χ4v) is 2.50. The number of hydrogen-bond donors (Lipinski definition) is 0. The second-order valence-corrected chi connectivity index (χ2v) is 5.13. The molecule has 1 heterocycles. The van der Waals surface area contributed by atoms with Gasteiger partial charge in [0, 0.05) is 18.2 Å². The molecule has 1 fully saturated rings. The summed E-state index contributed by atoms with van der Waals surface area (Å²) in [7, 11) is 0. The van der Waals surface area contributed by atoms with Crippen LogP contribution in [0.3, 0.4) is 0 Å². The van der Waals surface area contributed by atoms with Gasteiger partial charge in [0.25, 0.3) is 0 Å². The average molecular weight is 289 g/mol. The highest BCUT2D eigenvalue weighted by Gasteiger charge is 2.17. The van der Waals surface area contributed by atoms with Gasteiger partial charge in [-0.25, -0.2) is 0 Å². The summed E-state index contributed by atoms with van der Waals surface area (Å²) in [5.74, 6) is 0.868. The molecule has 0 amide bonds. The van der Waals surface area contributed by atoms with Crippen LogP contribution in [-0.2, 0) is 4.74 Å². The minimum atomic E-state index is 0.372. The lowest BCUT2D eigenvalue weighted by Gasteiger charge is -2.22. The Hall–Kier alpha value is -0.770. The Morgan fingerprint density at radius 1 is 1.33 bits per heavy atom. The van der Waals surface area contributed by atoms with Crippen molar-refractivity contribution in [2.75, 3.05) is 19.8 Å². The highest BCUT2D eigenvalue weighted by atomic mass is 35.5. The highest BCUT2D eigenvalue weighted by Crippen LogP contribution is 2.32. The summed E-state index contributed by atoms with van der Waals surface area (Å²) in [4.78, 5) is 11.0. The Bertz CT molecular complexity index is 428. The van der Waals surface area contributed by atoms with Crippen LogP contribution in [0.15, 0.2) is 12.1 Å². The third-order valence-corrected chi connectivity index (χ3v) is 3.47. The van der Waals surface area contributed by atoms with Crippen molar-refractivity contribution < 1.29 is 14.3 Å². The third-order valence-electron chi connectivity index (χ3n) is 2.97. The fraction of sp³-hybridized carbons (Fsp3) is 0.462. The van der Waals surface area contributed by atoms with E-state index in [0.29, 0.717) is 40.2 Å². The predicted molar refractivity (Wildman–Crippen MR) is 70.9 cm³/mol. The van der Waals surface area contributed by atoms with Crippen molar-refractivity contribution >= 4 is 29.5 Å². The Kier molecular flexibility index (Phi) is 4.87. The van der Waals surface area contributed by atoms with E-state index in [2.05, 4.69) is 0 Å². The molecule has 5 heteroatoms. The van der Waals surface area contributed by atoms with Gasteiger partial charge in [-0.05, 0) is 30.9 Å². The Morgan fingerprint density at radius 2 is 2.06 bits per heavy atom. The number of carbonyl (C=O) groups is 1. The summed E-state index contributed by atoms with van der Waals surface area (Å²) in [6, 6.07) is 3.13. The third kappa shape index (κ3) is 3.37. The van der Waals surface area contributed by atoms with E-state index >= 15 is 0 Å². The monoisotopic (exact) mass is 288 g/mol. The van der Waals surface area contributed by atoms with Gasteiger partial charge >= 0.3 is 0 Å². The van der Waals surface area contributed by atoms with Gasteiger partial charge in [0.05, 0.1) is 17.2 Å². The molecule has 0 unspecified atom stereocenters. The zero-order valence-corrected chi connectivity index (χ0v) is 11.3. The maximum atomic E-state index is 11.0. The second-order valence-electron chi connectivity index (χ2n) is 4.29. The molecule has 0 aromatic heterocycles. The first kappa shape index (κ1) is 13.7. The highest BCUT2D eigenvalue weighted by molar-refractivity contribution is 6.36. The lowest BCUT2D eigenvalue weighted by atomic mass is 10.0. The fourth-order valence-electron chi connectivity index (χ4n) is 1.93. The number of ether oxygens (including phenoxy) is 2. The molecular formula is C13H14Cl2O3. The molecule has 0 radical (unpaired) electrons. The van der Waals surface area contributed by atoms with Gasteiger partial charge in [-0.1, -0.05) is 23.2 Å². The molecule has 1 aromatic rings. The molecule has 98 valence electrons. The number of rotatable bonds is 4. The summed E-state index contributed by atoms with van der Waals surface area (Å²) in [6.07, 6.45) is 2.65. The van der Waals surface area contributed by atoms with Crippen molar-refractivity contribution in [3.05, 3.63) is 27.7 Å². The number of carbonyl (C=O) groups excluding carboxylic acids is 1. The molecule has 2 rings (SSSR count). The summed E-state index contributed by atoms with van der Waals surface area (Å²) < 4.78 is 11.0. The molecule has 1 aliphatic rings. The predicted octanol–water partition coefficient (Wildman–Crippen LogP) is 3.61. The van der Waals surface area contributed by atoms with E-state index < -0.39 is 0 Å². The van der Waals surface area contributed by atoms with E-state index in [4.69, 9.17) is 32.7 Å². The summed E-state index contributed by atoms with van der Waals surface area (Å²) in [6.45, 7) is 2.08. The maximum absolute atomic E-state index is 11.0. The quantitative estimate of drug-likeness (QED) is 0.794. The molecule has 0 saturated carbocycles. The molecule has 0 N–H and O–H groups in total. The second kappa shape index (κ2) is 6.41. The number of benzene rings is 1. The van der Waals surface area contributed by atoms with Crippen molar-refractivity contribution in [2.45, 2.75) is 12.8 Å². The van der Waals surface area contributed by atoms with Crippen LogP contribution < -0.4 is 4.74 Å². The van der Waals surface area contributed by atoms with Crippen molar-refractivity contribution in [3.63, 3.8) is 0 Å². The molecule has 3 nitrogen and oxygen atoms in total. The zero-order valence-electron chi connectivity index (χ0n) is 9.83. The molecule has 1 saturated heterocycles. The van der Waals surface area contributed by atoms with Crippen LogP contribution in [0.25, 0.3) is 0 Å². The molecule has 18 heavy (non-hydrogen) atoms. The Labute approximate surface area is 116 Å². The van der Waals surface area contributed by atoms with Crippen molar-refractivity contribution in [3.8, 4) is 5.75 Å². The largest absolute Gasteiger partial charge is 0.491 e. The number of aldehydes is 1. The van der Waals surface area contributed by atoms with Gasteiger partial charge in [-0.3, -0.25) is 4.79 Å². The van der Waals surface area contributed by atoms with Gasteiger partial charge in [-0.2, -0.15) is 0 Å². The lowest BCUT2D eigenvalue weighted by molar-refractivity contribution is 0.0496. The first-order valence-electron chi connectivity index (χ1n) is 5.85. The van der Waals surface area contributed by atoms with E-state index in [0.717, 1.165) is 26.1 Å². The Balaban J connectivity index is 2.05. The van der Waals surface area contributed by atoms with E-state index in [9.17, 15) is 4.79 Å². The summed E-state index contributed by atoms with van der Waals surface area (Å²) >= 11 is 11.9. The van der Waals surface area contributed by atoms with Gasteiger partial charge in [0.2, 0.25) is 0 Å². The van der Waals surface area contributed by atoms with Crippen LogP contribution >= 0.6 is 23.2 Å². The maximum Gasteiger partial charge on any atom is 0.153 e. The number of hydrogen-bond acceptors (Lipinski definition) is 3. The lowest BCUT2D eigenvalue weighted by Crippen LogP contribution is -2.21. The zero-order chi connectivity index (χ0) is 13.0. The van der Waals surface area contributed by atoms with Gasteiger partial charge < -0.3 is 9.47 Å². The van der Waals surface area contributed by atoms with Crippen LogP contribution in [0, 0.1) is 5.92 Å². The van der Waals surface area contributed by atoms with Crippen LogP contribution in [0.1, 0.15) is 23.2 Å². The van der Waals surface area contributed by atoms with Crippen LogP contribution in [-0.4, -0.2) is 26.1 Å². The molecular weight excluding hydrogens is 275 g/mol. The van der Waals surface area contributed by atoms with E-state index in [-0.39, 0.29) is 0 Å². The standard InChI is InChI=1S/C13H14Cl2O3/c14-11-5-10(7-16)13(12(15)6-11)18-8-9-1-3-17-4-2-9/h5-7,9H,1-4,8H2. The van der Waals surface area contributed by atoms with E-state index in [1.807, 2.05) is 0 Å². The minimum absolute atomic E-state index is 0.372. The normalized spacial score (nSPS) is 16.6. The minimum Gasteiger partial charge on any atom is -0.491 e. The van der Waals surface area contributed by atoms with Crippen molar-refractivity contribution in [1.82, 2.24) is 0 Å².